The van der Waals surface area contributed by atoms with Crippen LogP contribution in [0.25, 0.3) is 0 Å². The van der Waals surface area contributed by atoms with Gasteiger partial charge < -0.3 is 4.18 Å². The molecule has 0 spiro atoms. The van der Waals surface area contributed by atoms with E-state index in [-0.39, 0.29) is 11.7 Å². The number of rotatable bonds is 2. The average Bonchev–Trinajstić information content (AvgIpc) is 2.50. The van der Waals surface area contributed by atoms with Crippen LogP contribution in [0.15, 0.2) is 59.9 Å². The SMILES string of the molecule is O=S(=O)(OC1=C2C=CC=CC2C=CC=C1)C(F)(F)F. The summed E-state index contributed by atoms with van der Waals surface area (Å²) in [5.74, 6) is -0.633. The van der Waals surface area contributed by atoms with E-state index in [1.54, 1.807) is 30.4 Å². The fourth-order valence-corrected chi connectivity index (χ4v) is 2.12. The fourth-order valence-electron chi connectivity index (χ4n) is 1.64. The van der Waals surface area contributed by atoms with Crippen molar-refractivity contribution < 1.29 is 25.8 Å². The number of alkyl halides is 3. The van der Waals surface area contributed by atoms with Crippen molar-refractivity contribution in [3.05, 3.63) is 59.9 Å². The number of fused-ring (bicyclic) bond motifs is 1. The topological polar surface area (TPSA) is 43.4 Å². The monoisotopic (exact) mass is 290 g/mol. The molecule has 7 heteroatoms. The van der Waals surface area contributed by atoms with Crippen LogP contribution in [0.3, 0.4) is 0 Å². The van der Waals surface area contributed by atoms with Gasteiger partial charge in [-0.15, -0.1) is 0 Å². The second-order valence-electron chi connectivity index (χ2n) is 3.82. The van der Waals surface area contributed by atoms with Gasteiger partial charge in [0.2, 0.25) is 0 Å². The highest BCUT2D eigenvalue weighted by molar-refractivity contribution is 7.87. The molecular formula is C12H9F3O3S. The van der Waals surface area contributed by atoms with E-state index in [4.69, 9.17) is 0 Å². The summed E-state index contributed by atoms with van der Waals surface area (Å²) < 4.78 is 63.2. The van der Waals surface area contributed by atoms with Crippen molar-refractivity contribution in [1.82, 2.24) is 0 Å². The molecule has 0 aromatic rings. The average molecular weight is 290 g/mol. The van der Waals surface area contributed by atoms with Crippen LogP contribution in [0.4, 0.5) is 13.2 Å². The van der Waals surface area contributed by atoms with E-state index in [0.29, 0.717) is 5.57 Å². The second-order valence-corrected chi connectivity index (χ2v) is 5.35. The van der Waals surface area contributed by atoms with Gasteiger partial charge >= 0.3 is 15.6 Å². The molecule has 0 saturated heterocycles. The molecule has 0 fully saturated rings. The van der Waals surface area contributed by atoms with E-state index in [2.05, 4.69) is 4.18 Å². The Labute approximate surface area is 108 Å². The number of hydrogen-bond donors (Lipinski definition) is 0. The molecule has 102 valence electrons. The second kappa shape index (κ2) is 4.73. The molecule has 0 N–H and O–H groups in total. The first kappa shape index (κ1) is 13.7. The highest BCUT2D eigenvalue weighted by Crippen LogP contribution is 2.32. The largest absolute Gasteiger partial charge is 0.534 e. The minimum absolute atomic E-state index is 0.307. The van der Waals surface area contributed by atoms with Crippen LogP contribution in [0.5, 0.6) is 0 Å². The lowest BCUT2D eigenvalue weighted by Gasteiger charge is -2.16. The van der Waals surface area contributed by atoms with Crippen molar-refractivity contribution in [2.75, 3.05) is 0 Å². The zero-order valence-corrected chi connectivity index (χ0v) is 10.3. The molecule has 0 heterocycles. The first-order valence-corrected chi connectivity index (χ1v) is 6.67. The Morgan fingerprint density at radius 1 is 1.00 bits per heavy atom. The van der Waals surface area contributed by atoms with Gasteiger partial charge in [-0.3, -0.25) is 0 Å². The minimum atomic E-state index is -5.66. The van der Waals surface area contributed by atoms with E-state index in [9.17, 15) is 21.6 Å². The van der Waals surface area contributed by atoms with E-state index in [1.165, 1.54) is 18.2 Å². The standard InChI is InChI=1S/C12H9F3O3S/c13-12(14,15)19(16,17)18-11-8-4-2-6-9-5-1-3-7-10(9)11/h1-9H. The Kier molecular flexibility index (Phi) is 3.40. The maximum atomic E-state index is 12.3. The number of halogens is 3. The van der Waals surface area contributed by atoms with Gasteiger partial charge in [-0.2, -0.15) is 21.6 Å². The molecule has 0 aliphatic heterocycles. The van der Waals surface area contributed by atoms with Crippen LogP contribution in [-0.4, -0.2) is 13.9 Å². The Morgan fingerprint density at radius 2 is 1.58 bits per heavy atom. The maximum Gasteiger partial charge on any atom is 0.534 e. The molecule has 1 unspecified atom stereocenters. The van der Waals surface area contributed by atoms with Crippen LogP contribution in [0.2, 0.25) is 0 Å². The Morgan fingerprint density at radius 3 is 2.16 bits per heavy atom. The third-order valence-corrected chi connectivity index (χ3v) is 3.48. The van der Waals surface area contributed by atoms with Crippen molar-refractivity contribution in [2.24, 2.45) is 5.92 Å². The van der Waals surface area contributed by atoms with E-state index in [1.807, 2.05) is 0 Å². The maximum absolute atomic E-state index is 12.3. The highest BCUT2D eigenvalue weighted by Gasteiger charge is 2.49. The Hall–Kier alpha value is -1.76. The van der Waals surface area contributed by atoms with Gasteiger partial charge in [0.1, 0.15) is 5.76 Å². The molecule has 2 aliphatic carbocycles. The molecule has 2 rings (SSSR count). The summed E-state index contributed by atoms with van der Waals surface area (Å²) in [6, 6.07) is 0. The molecule has 3 nitrogen and oxygen atoms in total. The van der Waals surface area contributed by atoms with Crippen molar-refractivity contribution in [3.63, 3.8) is 0 Å². The highest BCUT2D eigenvalue weighted by atomic mass is 32.2. The lowest BCUT2D eigenvalue weighted by atomic mass is 9.94. The summed E-state index contributed by atoms with van der Waals surface area (Å²) in [6.45, 7) is 0. The molecule has 0 aromatic heterocycles. The molecule has 0 saturated carbocycles. The molecule has 19 heavy (non-hydrogen) atoms. The Balaban J connectivity index is 2.41. The van der Waals surface area contributed by atoms with Gasteiger partial charge in [-0.1, -0.05) is 42.5 Å². The third kappa shape index (κ3) is 2.81. The molecule has 0 radical (unpaired) electrons. The molecule has 0 bridgehead atoms. The van der Waals surface area contributed by atoms with E-state index >= 15 is 0 Å². The van der Waals surface area contributed by atoms with Crippen molar-refractivity contribution in [1.29, 1.82) is 0 Å². The van der Waals surface area contributed by atoms with Gasteiger partial charge in [0.25, 0.3) is 0 Å². The number of allylic oxidation sites excluding steroid dienone is 9. The zero-order chi connectivity index (χ0) is 14.1. The van der Waals surface area contributed by atoms with Crippen LogP contribution in [-0.2, 0) is 14.3 Å². The fraction of sp³-hybridized carbons (Fsp3) is 0.167. The smallest absolute Gasteiger partial charge is 0.376 e. The van der Waals surface area contributed by atoms with Crippen LogP contribution in [0, 0.1) is 5.92 Å². The normalized spacial score (nSPS) is 22.4. The lowest BCUT2D eigenvalue weighted by molar-refractivity contribution is -0.0520. The van der Waals surface area contributed by atoms with Crippen LogP contribution < -0.4 is 0 Å². The van der Waals surface area contributed by atoms with Gasteiger partial charge in [-0.25, -0.2) is 0 Å². The summed E-state index contributed by atoms with van der Waals surface area (Å²) in [7, 11) is -5.66. The summed E-state index contributed by atoms with van der Waals surface area (Å²) in [5, 5.41) is 0. The summed E-state index contributed by atoms with van der Waals surface area (Å²) in [4.78, 5) is 0. The van der Waals surface area contributed by atoms with Crippen molar-refractivity contribution >= 4 is 10.1 Å². The first-order valence-electron chi connectivity index (χ1n) is 5.26. The minimum Gasteiger partial charge on any atom is -0.376 e. The predicted octanol–water partition coefficient (Wildman–Crippen LogP) is 2.97. The third-order valence-electron chi connectivity index (χ3n) is 2.51. The van der Waals surface area contributed by atoms with Crippen LogP contribution in [0.1, 0.15) is 0 Å². The predicted molar refractivity (Wildman–Crippen MR) is 63.1 cm³/mol. The first-order chi connectivity index (χ1) is 8.81. The lowest BCUT2D eigenvalue weighted by Crippen LogP contribution is -2.25. The summed E-state index contributed by atoms with van der Waals surface area (Å²) in [5.41, 5.74) is -5.09. The zero-order valence-electron chi connectivity index (χ0n) is 9.46. The van der Waals surface area contributed by atoms with Gasteiger partial charge in [0, 0.05) is 11.5 Å². The van der Waals surface area contributed by atoms with Crippen molar-refractivity contribution in [3.8, 4) is 0 Å². The van der Waals surface area contributed by atoms with Gasteiger partial charge in [0.05, 0.1) is 0 Å². The summed E-state index contributed by atoms with van der Waals surface area (Å²) in [6.07, 6.45) is 12.5. The van der Waals surface area contributed by atoms with E-state index in [0.717, 1.165) is 0 Å². The quantitative estimate of drug-likeness (QED) is 0.580. The molecule has 0 aromatic carbocycles. The number of hydrogen-bond acceptors (Lipinski definition) is 3. The van der Waals surface area contributed by atoms with Gasteiger partial charge in [-0.05, 0) is 6.08 Å². The molecule has 1 atom stereocenters. The van der Waals surface area contributed by atoms with Gasteiger partial charge in [0.15, 0.2) is 0 Å². The molecule has 2 aliphatic rings. The van der Waals surface area contributed by atoms with Crippen molar-refractivity contribution in [2.45, 2.75) is 5.51 Å². The van der Waals surface area contributed by atoms with Crippen LogP contribution >= 0.6 is 0 Å². The van der Waals surface area contributed by atoms with E-state index < -0.39 is 15.6 Å². The molecular weight excluding hydrogens is 281 g/mol. The Bertz CT molecular complexity index is 619. The molecule has 0 amide bonds. The summed E-state index contributed by atoms with van der Waals surface area (Å²) >= 11 is 0.